The number of ether oxygens (including phenoxy) is 1. The number of esters is 1. The van der Waals surface area contributed by atoms with Gasteiger partial charge in [-0.2, -0.15) is 0 Å². The van der Waals surface area contributed by atoms with Crippen molar-refractivity contribution in [1.29, 1.82) is 0 Å². The molecule has 0 aliphatic rings. The van der Waals surface area contributed by atoms with Gasteiger partial charge in [-0.3, -0.25) is 10.1 Å². The second-order valence-corrected chi connectivity index (χ2v) is 3.46. The Morgan fingerprint density at radius 2 is 1.84 bits per heavy atom. The molecule has 0 amide bonds. The maximum absolute atomic E-state index is 11.1. The van der Waals surface area contributed by atoms with Crippen LogP contribution in [0.5, 0.6) is 0 Å². The van der Waals surface area contributed by atoms with Crippen molar-refractivity contribution in [2.24, 2.45) is 0 Å². The summed E-state index contributed by atoms with van der Waals surface area (Å²) in [6.07, 6.45) is 3.02. The molecule has 0 aliphatic carbocycles. The number of nitro groups is 1. The van der Waals surface area contributed by atoms with E-state index in [1.165, 1.54) is 37.5 Å². The molecule has 0 saturated carbocycles. The molecule has 2 aromatic rings. The highest BCUT2D eigenvalue weighted by Crippen LogP contribution is 2.18. The van der Waals surface area contributed by atoms with Crippen molar-refractivity contribution >= 4 is 24.0 Å². The van der Waals surface area contributed by atoms with E-state index in [-0.39, 0.29) is 11.6 Å². The van der Waals surface area contributed by atoms with Crippen molar-refractivity contribution < 1.29 is 23.3 Å². The fourth-order valence-corrected chi connectivity index (χ4v) is 1.35. The van der Waals surface area contributed by atoms with Gasteiger partial charge in [0.1, 0.15) is 16.4 Å². The minimum Gasteiger partial charge on any atom is -0.463 e. The van der Waals surface area contributed by atoms with Crippen LogP contribution in [0.4, 0.5) is 5.88 Å². The molecule has 0 atom stereocenters. The zero-order valence-corrected chi connectivity index (χ0v) is 9.86. The smallest absolute Gasteiger partial charge is 0.433 e. The van der Waals surface area contributed by atoms with Gasteiger partial charge in [-0.15, -0.1) is 0 Å². The van der Waals surface area contributed by atoms with Crippen molar-refractivity contribution in [2.45, 2.75) is 0 Å². The number of nitrogens with zero attached hydrogens (tertiary/aromatic N) is 1. The molecular weight excluding hydrogens is 254 g/mol. The van der Waals surface area contributed by atoms with Crippen molar-refractivity contribution in [2.75, 3.05) is 7.11 Å². The summed E-state index contributed by atoms with van der Waals surface area (Å²) >= 11 is 0. The molecule has 19 heavy (non-hydrogen) atoms. The van der Waals surface area contributed by atoms with Gasteiger partial charge in [0.05, 0.1) is 13.2 Å². The maximum Gasteiger partial charge on any atom is 0.433 e. The third kappa shape index (κ3) is 2.89. The van der Waals surface area contributed by atoms with E-state index in [0.29, 0.717) is 11.5 Å². The Labute approximate surface area is 107 Å². The number of hydrogen-bond acceptors (Lipinski definition) is 6. The minimum atomic E-state index is -0.625. The van der Waals surface area contributed by atoms with Gasteiger partial charge in [-0.25, -0.2) is 4.79 Å². The Bertz CT molecular complexity index is 636. The Morgan fingerprint density at radius 1 is 1.21 bits per heavy atom. The topological polar surface area (TPSA) is 95.7 Å². The monoisotopic (exact) mass is 263 g/mol. The normalized spacial score (nSPS) is 10.8. The van der Waals surface area contributed by atoms with Gasteiger partial charge in [0, 0.05) is 0 Å². The average Bonchev–Trinajstić information content (AvgIpc) is 3.04. The molecule has 0 N–H and O–H groups in total. The van der Waals surface area contributed by atoms with Crippen molar-refractivity contribution in [3.05, 3.63) is 51.7 Å². The first-order valence-corrected chi connectivity index (χ1v) is 5.20. The van der Waals surface area contributed by atoms with Gasteiger partial charge in [0.25, 0.3) is 0 Å². The lowest BCUT2D eigenvalue weighted by Crippen LogP contribution is -1.98. The quantitative estimate of drug-likeness (QED) is 0.478. The van der Waals surface area contributed by atoms with E-state index in [1.54, 1.807) is 6.07 Å². The highest BCUT2D eigenvalue weighted by atomic mass is 16.6. The first-order valence-electron chi connectivity index (χ1n) is 5.20. The van der Waals surface area contributed by atoms with E-state index < -0.39 is 10.9 Å². The van der Waals surface area contributed by atoms with Crippen LogP contribution >= 0.6 is 0 Å². The molecule has 0 radical (unpaired) electrons. The van der Waals surface area contributed by atoms with Crippen molar-refractivity contribution in [3.63, 3.8) is 0 Å². The van der Waals surface area contributed by atoms with Gasteiger partial charge in [0.2, 0.25) is 5.76 Å². The van der Waals surface area contributed by atoms with Crippen molar-refractivity contribution in [1.82, 2.24) is 0 Å². The van der Waals surface area contributed by atoms with Crippen LogP contribution in [0.2, 0.25) is 0 Å². The molecule has 7 heteroatoms. The molecule has 98 valence electrons. The summed E-state index contributed by atoms with van der Waals surface area (Å²) in [6, 6.07) is 5.75. The molecule has 2 rings (SSSR count). The lowest BCUT2D eigenvalue weighted by molar-refractivity contribution is -0.402. The first-order chi connectivity index (χ1) is 9.10. The summed E-state index contributed by atoms with van der Waals surface area (Å²) in [7, 11) is 1.25. The zero-order valence-electron chi connectivity index (χ0n) is 9.86. The van der Waals surface area contributed by atoms with Crippen LogP contribution in [0.15, 0.2) is 33.1 Å². The second-order valence-electron chi connectivity index (χ2n) is 3.46. The van der Waals surface area contributed by atoms with Crippen LogP contribution in [0.3, 0.4) is 0 Å². The maximum atomic E-state index is 11.1. The molecule has 0 unspecified atom stereocenters. The first kappa shape index (κ1) is 12.6. The van der Waals surface area contributed by atoms with Gasteiger partial charge < -0.3 is 13.6 Å². The highest BCUT2D eigenvalue weighted by Gasteiger charge is 2.11. The summed E-state index contributed by atoms with van der Waals surface area (Å²) in [5.74, 6) is -0.127. The number of furan rings is 2. The minimum absolute atomic E-state index is 0.0765. The third-order valence-corrected chi connectivity index (χ3v) is 2.22. The van der Waals surface area contributed by atoms with E-state index in [2.05, 4.69) is 4.74 Å². The van der Waals surface area contributed by atoms with Crippen LogP contribution in [-0.2, 0) is 4.74 Å². The largest absolute Gasteiger partial charge is 0.463 e. The Kier molecular flexibility index (Phi) is 3.46. The molecule has 0 saturated heterocycles. The fraction of sp³-hybridized carbons (Fsp3) is 0.0833. The van der Waals surface area contributed by atoms with Gasteiger partial charge >= 0.3 is 11.9 Å². The summed E-state index contributed by atoms with van der Waals surface area (Å²) in [6.45, 7) is 0. The van der Waals surface area contributed by atoms with Gasteiger partial charge in [-0.1, -0.05) is 0 Å². The Morgan fingerprint density at radius 3 is 2.42 bits per heavy atom. The molecule has 0 spiro atoms. The zero-order chi connectivity index (χ0) is 13.8. The van der Waals surface area contributed by atoms with Crippen LogP contribution in [0, 0.1) is 10.1 Å². The molecule has 0 fully saturated rings. The number of rotatable bonds is 4. The summed E-state index contributed by atoms with van der Waals surface area (Å²) in [5.41, 5.74) is 0. The molecule has 0 bridgehead atoms. The van der Waals surface area contributed by atoms with Crippen LogP contribution in [0.25, 0.3) is 12.2 Å². The van der Waals surface area contributed by atoms with Crippen LogP contribution in [-0.4, -0.2) is 18.0 Å². The lowest BCUT2D eigenvalue weighted by atomic mass is 10.3. The van der Waals surface area contributed by atoms with E-state index >= 15 is 0 Å². The average molecular weight is 263 g/mol. The molecular formula is C12H9NO6. The predicted molar refractivity (Wildman–Crippen MR) is 64.3 cm³/mol. The summed E-state index contributed by atoms with van der Waals surface area (Å²) in [5, 5.41) is 10.4. The summed E-state index contributed by atoms with van der Waals surface area (Å²) in [4.78, 5) is 20.9. The molecule has 0 aliphatic heterocycles. The van der Waals surface area contributed by atoms with Crippen molar-refractivity contribution in [3.8, 4) is 0 Å². The van der Waals surface area contributed by atoms with Gasteiger partial charge in [0.15, 0.2) is 0 Å². The van der Waals surface area contributed by atoms with E-state index in [1.807, 2.05) is 0 Å². The van der Waals surface area contributed by atoms with E-state index in [4.69, 9.17) is 8.83 Å². The SMILES string of the molecule is COC(=O)c1ccc(/C=C\c2ccc([N+](=O)[O-])o2)o1. The third-order valence-electron chi connectivity index (χ3n) is 2.22. The highest BCUT2D eigenvalue weighted by molar-refractivity contribution is 5.86. The Balaban J connectivity index is 2.11. The number of hydrogen-bond donors (Lipinski definition) is 0. The van der Waals surface area contributed by atoms with E-state index in [0.717, 1.165) is 0 Å². The van der Waals surface area contributed by atoms with E-state index in [9.17, 15) is 14.9 Å². The molecule has 2 heterocycles. The summed E-state index contributed by atoms with van der Waals surface area (Å²) < 4.78 is 14.6. The van der Waals surface area contributed by atoms with Crippen LogP contribution < -0.4 is 0 Å². The fourth-order valence-electron chi connectivity index (χ4n) is 1.35. The molecule has 7 nitrogen and oxygen atoms in total. The number of carbonyl (C=O) groups excluding carboxylic acids is 1. The van der Waals surface area contributed by atoms with Gasteiger partial charge in [-0.05, 0) is 30.4 Å². The molecule has 0 aromatic carbocycles. The molecule has 2 aromatic heterocycles. The lowest BCUT2D eigenvalue weighted by Gasteiger charge is -1.91. The number of methoxy groups -OCH3 is 1. The Hall–Kier alpha value is -2.83. The number of carbonyl (C=O) groups is 1. The van der Waals surface area contributed by atoms with Crippen LogP contribution in [0.1, 0.15) is 22.1 Å². The standard InChI is InChI=1S/C12H9NO6/c1-17-12(14)10-6-4-8(18-10)2-3-9-5-7-11(19-9)13(15)16/h2-7H,1H3/b3-2-. The predicted octanol–water partition coefficient (Wildman–Crippen LogP) is 2.74. The second kappa shape index (κ2) is 5.21.